The lowest BCUT2D eigenvalue weighted by molar-refractivity contribution is -0.122. The van der Waals surface area contributed by atoms with Gasteiger partial charge in [-0.3, -0.25) is 9.59 Å². The van der Waals surface area contributed by atoms with Gasteiger partial charge in [-0.05, 0) is 68.3 Å². The molecule has 2 aliphatic rings. The lowest BCUT2D eigenvalue weighted by atomic mass is 9.75. The summed E-state index contributed by atoms with van der Waals surface area (Å²) in [4.78, 5) is 36.4. The second-order valence-corrected chi connectivity index (χ2v) is 8.11. The Morgan fingerprint density at radius 1 is 1.17 bits per heavy atom. The highest BCUT2D eigenvalue weighted by Gasteiger charge is 2.38. The molecule has 1 aromatic carbocycles. The number of benzene rings is 1. The van der Waals surface area contributed by atoms with Crippen molar-refractivity contribution in [1.29, 1.82) is 0 Å². The number of nitrogens with one attached hydrogen (secondary N) is 1. The average Bonchev–Trinajstić information content (AvgIpc) is 3.35. The van der Waals surface area contributed by atoms with Crippen LogP contribution in [-0.4, -0.2) is 36.7 Å². The zero-order chi connectivity index (χ0) is 20.4. The van der Waals surface area contributed by atoms with Crippen LogP contribution in [0.2, 0.25) is 0 Å². The third-order valence-electron chi connectivity index (χ3n) is 6.25. The zero-order valence-corrected chi connectivity index (χ0v) is 16.7. The summed E-state index contributed by atoms with van der Waals surface area (Å²) in [5, 5.41) is 4.18. The van der Waals surface area contributed by atoms with Crippen molar-refractivity contribution < 1.29 is 23.5 Å². The van der Waals surface area contributed by atoms with Crippen LogP contribution in [0.4, 0.5) is 0 Å². The molecule has 154 valence electrons. The van der Waals surface area contributed by atoms with Crippen molar-refractivity contribution in [1.82, 2.24) is 5.32 Å². The summed E-state index contributed by atoms with van der Waals surface area (Å²) < 4.78 is 10.5. The van der Waals surface area contributed by atoms with E-state index < -0.39 is 5.97 Å². The molecule has 6 nitrogen and oxygen atoms in total. The van der Waals surface area contributed by atoms with Gasteiger partial charge >= 0.3 is 5.97 Å². The van der Waals surface area contributed by atoms with Crippen LogP contribution in [0.25, 0.3) is 11.0 Å². The summed E-state index contributed by atoms with van der Waals surface area (Å²) in [6.07, 6.45) is 4.47. The Balaban J connectivity index is 1.45. The molecule has 2 heterocycles. The lowest BCUT2D eigenvalue weighted by Crippen LogP contribution is -2.40. The second kappa shape index (κ2) is 8.49. The molecule has 4 rings (SSSR count). The van der Waals surface area contributed by atoms with Gasteiger partial charge in [0.05, 0.1) is 12.6 Å². The van der Waals surface area contributed by atoms with E-state index in [4.69, 9.17) is 9.15 Å². The van der Waals surface area contributed by atoms with Crippen LogP contribution >= 0.6 is 0 Å². The summed E-state index contributed by atoms with van der Waals surface area (Å²) in [5.74, 6) is 1.02. The van der Waals surface area contributed by atoms with Crippen molar-refractivity contribution in [3.8, 4) is 0 Å². The van der Waals surface area contributed by atoms with Crippen molar-refractivity contribution in [2.24, 2.45) is 11.8 Å². The van der Waals surface area contributed by atoms with Gasteiger partial charge in [0.2, 0.25) is 5.76 Å². The van der Waals surface area contributed by atoms with Gasteiger partial charge < -0.3 is 14.5 Å². The third-order valence-corrected chi connectivity index (χ3v) is 6.25. The topological polar surface area (TPSA) is 85.6 Å². The van der Waals surface area contributed by atoms with Crippen LogP contribution in [-0.2, 0) is 20.7 Å². The van der Waals surface area contributed by atoms with Crippen molar-refractivity contribution in [2.75, 3.05) is 13.2 Å². The SMILES string of the molecule is CCOC(=O)c1cc2cc(CC(=O)[C@@H]3NCC[C@@H]3C3CCC(=O)CC3)ccc2o1. The molecule has 1 aliphatic carbocycles. The third kappa shape index (κ3) is 4.27. The molecule has 6 heteroatoms. The van der Waals surface area contributed by atoms with Crippen LogP contribution in [0.15, 0.2) is 28.7 Å². The normalized spacial score (nSPS) is 22.9. The van der Waals surface area contributed by atoms with E-state index >= 15 is 0 Å². The number of ether oxygens (including phenoxy) is 1. The Hall–Kier alpha value is -2.47. The van der Waals surface area contributed by atoms with Crippen LogP contribution < -0.4 is 5.32 Å². The summed E-state index contributed by atoms with van der Waals surface area (Å²) >= 11 is 0. The van der Waals surface area contributed by atoms with Crippen LogP contribution in [0.1, 0.15) is 55.1 Å². The molecule has 0 bridgehead atoms. The number of ketones is 2. The maximum Gasteiger partial charge on any atom is 0.374 e. The average molecular weight is 397 g/mol. The standard InChI is InChI=1S/C23H27NO5/c1-2-28-23(27)21-13-16-11-14(3-8-20(16)29-21)12-19(26)22-18(9-10-24-22)15-4-6-17(25)7-5-15/h3,8,11,13,15,18,22,24H,2,4-7,9-10,12H2,1H3/t18-,22-/m1/s1. The van der Waals surface area contributed by atoms with E-state index in [1.165, 1.54) is 0 Å². The molecule has 0 radical (unpaired) electrons. The van der Waals surface area contributed by atoms with E-state index in [0.717, 1.165) is 36.8 Å². The molecular formula is C23H27NO5. The van der Waals surface area contributed by atoms with Gasteiger partial charge in [0.15, 0.2) is 5.78 Å². The number of carbonyl (C=O) groups excluding carboxylic acids is 3. The van der Waals surface area contributed by atoms with E-state index in [1.807, 2.05) is 12.1 Å². The molecule has 2 aromatic rings. The van der Waals surface area contributed by atoms with Crippen molar-refractivity contribution >= 4 is 28.5 Å². The van der Waals surface area contributed by atoms with Gasteiger partial charge in [-0.2, -0.15) is 0 Å². The number of Topliss-reactive ketones (excluding diaryl/α,β-unsaturated/α-hetero) is 2. The van der Waals surface area contributed by atoms with Gasteiger partial charge in [-0.15, -0.1) is 0 Å². The maximum atomic E-state index is 13.0. The van der Waals surface area contributed by atoms with Crippen molar-refractivity contribution in [3.05, 3.63) is 35.6 Å². The van der Waals surface area contributed by atoms with Gasteiger partial charge in [0.25, 0.3) is 0 Å². The van der Waals surface area contributed by atoms with Gasteiger partial charge in [0, 0.05) is 24.6 Å². The van der Waals surface area contributed by atoms with E-state index in [-0.39, 0.29) is 17.6 Å². The predicted octanol–water partition coefficient (Wildman–Crippen LogP) is 3.46. The largest absolute Gasteiger partial charge is 0.460 e. The fraction of sp³-hybridized carbons (Fsp3) is 0.522. The molecule has 2 fully saturated rings. The number of furan rings is 1. The van der Waals surface area contributed by atoms with Gasteiger partial charge in [0.1, 0.15) is 11.4 Å². The van der Waals surface area contributed by atoms with Crippen molar-refractivity contribution in [2.45, 2.75) is 51.5 Å². The first-order chi connectivity index (χ1) is 14.0. The minimum atomic E-state index is -0.481. The molecular weight excluding hydrogens is 370 g/mol. The van der Waals surface area contributed by atoms with Gasteiger partial charge in [-0.25, -0.2) is 4.79 Å². The highest BCUT2D eigenvalue weighted by atomic mass is 16.5. The predicted molar refractivity (Wildman–Crippen MR) is 108 cm³/mol. The lowest BCUT2D eigenvalue weighted by Gasteiger charge is -2.30. The van der Waals surface area contributed by atoms with E-state index in [1.54, 1.807) is 19.1 Å². The molecule has 2 atom stereocenters. The number of hydrogen-bond donors (Lipinski definition) is 1. The number of hydrogen-bond acceptors (Lipinski definition) is 6. The summed E-state index contributed by atoms with van der Waals surface area (Å²) in [6.45, 7) is 2.90. The summed E-state index contributed by atoms with van der Waals surface area (Å²) in [7, 11) is 0. The Kier molecular flexibility index (Phi) is 5.81. The number of rotatable bonds is 6. The molecule has 0 amide bonds. The van der Waals surface area contributed by atoms with Crippen molar-refractivity contribution in [3.63, 3.8) is 0 Å². The van der Waals surface area contributed by atoms with E-state index in [0.29, 0.717) is 49.1 Å². The monoisotopic (exact) mass is 397 g/mol. The Labute approximate surface area is 170 Å². The van der Waals surface area contributed by atoms with Crippen LogP contribution in [0.3, 0.4) is 0 Å². The quantitative estimate of drug-likeness (QED) is 0.752. The first kappa shape index (κ1) is 19.8. The molecule has 1 saturated heterocycles. The molecule has 1 saturated carbocycles. The molecule has 0 unspecified atom stereocenters. The van der Waals surface area contributed by atoms with E-state index in [2.05, 4.69) is 5.32 Å². The number of fused-ring (bicyclic) bond motifs is 1. The van der Waals surface area contributed by atoms with Crippen LogP contribution in [0.5, 0.6) is 0 Å². The Bertz CT molecular complexity index is 920. The minimum absolute atomic E-state index is 0.136. The molecule has 1 aliphatic heterocycles. The van der Waals surface area contributed by atoms with E-state index in [9.17, 15) is 14.4 Å². The van der Waals surface area contributed by atoms with Crippen LogP contribution in [0, 0.1) is 11.8 Å². The molecule has 29 heavy (non-hydrogen) atoms. The fourth-order valence-electron chi connectivity index (χ4n) is 4.79. The molecule has 0 spiro atoms. The number of esters is 1. The Morgan fingerprint density at radius 2 is 1.97 bits per heavy atom. The minimum Gasteiger partial charge on any atom is -0.460 e. The first-order valence-electron chi connectivity index (χ1n) is 10.5. The highest BCUT2D eigenvalue weighted by Crippen LogP contribution is 2.35. The molecule has 1 aromatic heterocycles. The smallest absolute Gasteiger partial charge is 0.374 e. The fourth-order valence-corrected chi connectivity index (χ4v) is 4.79. The second-order valence-electron chi connectivity index (χ2n) is 8.11. The number of carbonyl (C=O) groups is 3. The summed E-state index contributed by atoms with van der Waals surface area (Å²) in [5.41, 5.74) is 1.51. The molecule has 1 N–H and O–H groups in total. The maximum absolute atomic E-state index is 13.0. The first-order valence-corrected chi connectivity index (χ1v) is 10.5. The summed E-state index contributed by atoms with van der Waals surface area (Å²) in [6, 6.07) is 7.11. The van der Waals surface area contributed by atoms with Gasteiger partial charge in [-0.1, -0.05) is 6.07 Å². The highest BCUT2D eigenvalue weighted by molar-refractivity contribution is 5.93. The zero-order valence-electron chi connectivity index (χ0n) is 16.7. The Morgan fingerprint density at radius 3 is 2.72 bits per heavy atom.